The minimum Gasteiger partial charge on any atom is -0.461 e. The van der Waals surface area contributed by atoms with E-state index in [1.54, 1.807) is 36.4 Å². The molecule has 0 spiro atoms. The third kappa shape index (κ3) is 4.79. The lowest BCUT2D eigenvalue weighted by Gasteiger charge is -2.18. The topological polar surface area (TPSA) is 102 Å². The van der Waals surface area contributed by atoms with Crippen molar-refractivity contribution < 1.29 is 18.3 Å². The Bertz CT molecular complexity index is 982. The Morgan fingerprint density at radius 1 is 1.14 bits per heavy atom. The fourth-order valence-corrected chi connectivity index (χ4v) is 3.64. The van der Waals surface area contributed by atoms with E-state index in [0.29, 0.717) is 10.5 Å². The average molecular weight is 398 g/mol. The van der Waals surface area contributed by atoms with Gasteiger partial charge in [0.2, 0.25) is 0 Å². The summed E-state index contributed by atoms with van der Waals surface area (Å²) in [4.78, 5) is 23.4. The van der Waals surface area contributed by atoms with Gasteiger partial charge >= 0.3 is 0 Å². The number of Topliss-reactive ketones (excluding diaryl/α,β-unsaturated/α-hetero) is 1. The lowest BCUT2D eigenvalue weighted by atomic mass is 10.0. The van der Waals surface area contributed by atoms with E-state index in [2.05, 4.69) is 4.72 Å². The Hall–Kier alpha value is -3.10. The van der Waals surface area contributed by atoms with Crippen molar-refractivity contribution in [1.82, 2.24) is 4.72 Å². The van der Waals surface area contributed by atoms with Crippen LogP contribution in [0.2, 0.25) is 0 Å². The summed E-state index contributed by atoms with van der Waals surface area (Å²) in [6.45, 7) is 1.93. The summed E-state index contributed by atoms with van der Waals surface area (Å²) in [5.74, 6) is -0.0587. The number of rotatable bonds is 8. The Morgan fingerprint density at radius 2 is 1.82 bits per heavy atom. The standard InChI is InChI=1S/C20H18N2O5S/c1-14-4-10-17(11-5-14)28(26)21-18(13-19(23)20-3-2-12-27-20)15-6-8-16(9-7-15)22(24)25/h2-12,18,21H,13H2,1H3/t18-,28+/m1/s1. The van der Waals surface area contributed by atoms with Gasteiger partial charge in [-0.05, 0) is 36.8 Å². The van der Waals surface area contributed by atoms with Gasteiger partial charge < -0.3 is 4.42 Å². The molecule has 0 saturated heterocycles. The highest BCUT2D eigenvalue weighted by atomic mass is 32.2. The van der Waals surface area contributed by atoms with Crippen molar-refractivity contribution in [1.29, 1.82) is 0 Å². The molecule has 3 rings (SSSR count). The molecule has 0 amide bonds. The summed E-state index contributed by atoms with van der Waals surface area (Å²) in [6, 6.07) is 15.6. The quantitative estimate of drug-likeness (QED) is 0.349. The molecule has 0 aliphatic rings. The van der Waals surface area contributed by atoms with E-state index >= 15 is 0 Å². The second kappa shape index (κ2) is 8.73. The number of hydrogen-bond donors (Lipinski definition) is 1. The van der Waals surface area contributed by atoms with Crippen molar-refractivity contribution in [3.8, 4) is 0 Å². The summed E-state index contributed by atoms with van der Waals surface area (Å²) < 4.78 is 20.8. The van der Waals surface area contributed by atoms with E-state index in [0.717, 1.165) is 5.56 Å². The zero-order chi connectivity index (χ0) is 20.1. The predicted molar refractivity (Wildman–Crippen MR) is 104 cm³/mol. The zero-order valence-corrected chi connectivity index (χ0v) is 15.8. The van der Waals surface area contributed by atoms with E-state index in [1.807, 2.05) is 19.1 Å². The molecule has 0 fully saturated rings. The molecular formula is C20H18N2O5S. The van der Waals surface area contributed by atoms with E-state index < -0.39 is 22.0 Å². The van der Waals surface area contributed by atoms with Crippen LogP contribution >= 0.6 is 0 Å². The Kier molecular flexibility index (Phi) is 6.13. The molecule has 0 aliphatic heterocycles. The molecule has 2 atom stereocenters. The number of furan rings is 1. The number of aryl methyl sites for hydroxylation is 1. The number of nitrogens with zero attached hydrogens (tertiary/aromatic N) is 1. The van der Waals surface area contributed by atoms with Crippen molar-refractivity contribution in [3.63, 3.8) is 0 Å². The average Bonchev–Trinajstić information content (AvgIpc) is 3.23. The first-order valence-electron chi connectivity index (χ1n) is 8.49. The fraction of sp³-hybridized carbons (Fsp3) is 0.150. The number of nitro benzene ring substituents is 1. The lowest BCUT2D eigenvalue weighted by molar-refractivity contribution is -0.384. The van der Waals surface area contributed by atoms with E-state index in [4.69, 9.17) is 4.42 Å². The minimum absolute atomic E-state index is 0.0110. The number of carbonyl (C=O) groups excluding carboxylic acids is 1. The summed E-state index contributed by atoms with van der Waals surface area (Å²) >= 11 is 0. The van der Waals surface area contributed by atoms with Gasteiger partial charge in [0.25, 0.3) is 5.69 Å². The molecule has 1 heterocycles. The van der Waals surface area contributed by atoms with Crippen molar-refractivity contribution >= 4 is 22.5 Å². The van der Waals surface area contributed by atoms with Crippen LogP contribution in [0.3, 0.4) is 0 Å². The summed E-state index contributed by atoms with van der Waals surface area (Å²) in [5.41, 5.74) is 1.60. The number of nitrogens with one attached hydrogen (secondary N) is 1. The van der Waals surface area contributed by atoms with Crippen LogP contribution in [0.25, 0.3) is 0 Å². The van der Waals surface area contributed by atoms with Crippen LogP contribution in [0.1, 0.15) is 34.1 Å². The number of ketones is 1. The van der Waals surface area contributed by atoms with Gasteiger partial charge in [0.15, 0.2) is 11.5 Å². The van der Waals surface area contributed by atoms with Gasteiger partial charge in [-0.1, -0.05) is 29.8 Å². The lowest BCUT2D eigenvalue weighted by Crippen LogP contribution is -2.26. The van der Waals surface area contributed by atoms with Crippen molar-refractivity contribution in [2.45, 2.75) is 24.3 Å². The molecule has 1 N–H and O–H groups in total. The van der Waals surface area contributed by atoms with Gasteiger partial charge in [-0.25, -0.2) is 8.93 Å². The number of non-ortho nitro benzene ring substituents is 1. The van der Waals surface area contributed by atoms with E-state index in [1.165, 1.54) is 18.4 Å². The van der Waals surface area contributed by atoms with Crippen LogP contribution in [0.5, 0.6) is 0 Å². The molecule has 0 bridgehead atoms. The van der Waals surface area contributed by atoms with E-state index in [-0.39, 0.29) is 23.7 Å². The molecule has 2 aromatic carbocycles. The Balaban J connectivity index is 1.84. The molecule has 0 aliphatic carbocycles. The molecule has 28 heavy (non-hydrogen) atoms. The van der Waals surface area contributed by atoms with Gasteiger partial charge in [0, 0.05) is 18.6 Å². The highest BCUT2D eigenvalue weighted by molar-refractivity contribution is 7.83. The van der Waals surface area contributed by atoms with Crippen LogP contribution in [0.15, 0.2) is 76.2 Å². The van der Waals surface area contributed by atoms with Crippen LogP contribution in [0, 0.1) is 17.0 Å². The normalized spacial score (nSPS) is 13.0. The molecule has 144 valence electrons. The molecule has 8 heteroatoms. The van der Waals surface area contributed by atoms with Crippen LogP contribution < -0.4 is 4.72 Å². The molecular weight excluding hydrogens is 380 g/mol. The van der Waals surface area contributed by atoms with Crippen LogP contribution in [-0.2, 0) is 11.0 Å². The molecule has 0 radical (unpaired) electrons. The Labute approximate surface area is 164 Å². The first kappa shape index (κ1) is 19.7. The van der Waals surface area contributed by atoms with Crippen LogP contribution in [-0.4, -0.2) is 14.9 Å². The van der Waals surface area contributed by atoms with Gasteiger partial charge in [-0.3, -0.25) is 14.9 Å². The first-order chi connectivity index (χ1) is 13.4. The molecule has 1 aromatic heterocycles. The third-order valence-corrected chi connectivity index (χ3v) is 5.38. The number of hydrogen-bond acceptors (Lipinski definition) is 5. The van der Waals surface area contributed by atoms with Crippen molar-refractivity contribution in [2.24, 2.45) is 0 Å². The monoisotopic (exact) mass is 398 g/mol. The maximum Gasteiger partial charge on any atom is 0.269 e. The summed E-state index contributed by atoms with van der Waals surface area (Å²) in [5, 5.41) is 10.9. The number of benzene rings is 2. The van der Waals surface area contributed by atoms with Gasteiger partial charge in [0.1, 0.15) is 11.0 Å². The summed E-state index contributed by atoms with van der Waals surface area (Å²) in [6.07, 6.45) is 1.40. The second-order valence-corrected chi connectivity index (χ2v) is 7.45. The minimum atomic E-state index is -1.57. The zero-order valence-electron chi connectivity index (χ0n) is 15.0. The van der Waals surface area contributed by atoms with Crippen LogP contribution in [0.4, 0.5) is 5.69 Å². The molecule has 0 saturated carbocycles. The first-order valence-corrected chi connectivity index (χ1v) is 9.64. The maximum absolute atomic E-state index is 12.7. The third-order valence-electron chi connectivity index (χ3n) is 4.18. The molecule has 3 aromatic rings. The SMILES string of the molecule is Cc1ccc([S@](=O)N[C@H](CC(=O)c2ccco2)c2ccc([N+](=O)[O-])cc2)cc1. The predicted octanol–water partition coefficient (Wildman–Crippen LogP) is 4.12. The highest BCUT2D eigenvalue weighted by Gasteiger charge is 2.22. The molecule has 7 nitrogen and oxygen atoms in total. The van der Waals surface area contributed by atoms with E-state index in [9.17, 15) is 19.1 Å². The van der Waals surface area contributed by atoms with Gasteiger partial charge in [-0.15, -0.1) is 0 Å². The molecule has 0 unspecified atom stereocenters. The maximum atomic E-state index is 12.7. The van der Waals surface area contributed by atoms with Crippen molar-refractivity contribution in [3.05, 3.63) is 93.9 Å². The highest BCUT2D eigenvalue weighted by Crippen LogP contribution is 2.24. The number of carbonyl (C=O) groups is 1. The van der Waals surface area contributed by atoms with Gasteiger partial charge in [-0.2, -0.15) is 0 Å². The smallest absolute Gasteiger partial charge is 0.269 e. The van der Waals surface area contributed by atoms with Crippen molar-refractivity contribution in [2.75, 3.05) is 0 Å². The largest absolute Gasteiger partial charge is 0.461 e. The Morgan fingerprint density at radius 3 is 2.39 bits per heavy atom. The summed E-state index contributed by atoms with van der Waals surface area (Å²) in [7, 11) is -1.57. The fourth-order valence-electron chi connectivity index (χ4n) is 2.64. The number of nitro groups is 1. The second-order valence-electron chi connectivity index (χ2n) is 6.21. The van der Waals surface area contributed by atoms with Gasteiger partial charge in [0.05, 0.1) is 22.1 Å².